The Morgan fingerprint density at radius 3 is 3.00 bits per heavy atom. The molecule has 0 saturated heterocycles. The highest BCUT2D eigenvalue weighted by Crippen LogP contribution is 2.17. The minimum Gasteiger partial charge on any atom is -0.463 e. The summed E-state index contributed by atoms with van der Waals surface area (Å²) < 4.78 is 6.95. The van der Waals surface area contributed by atoms with Crippen molar-refractivity contribution in [2.75, 3.05) is 6.61 Å². The number of hydrogen-bond donors (Lipinski definition) is 2. The monoisotopic (exact) mass is 348 g/mol. The van der Waals surface area contributed by atoms with Gasteiger partial charge in [-0.2, -0.15) is 0 Å². The number of carbonyl (C=O) groups is 2. The number of urea groups is 1. The summed E-state index contributed by atoms with van der Waals surface area (Å²) in [6.45, 7) is 3.65. The van der Waals surface area contributed by atoms with Crippen molar-refractivity contribution in [3.63, 3.8) is 0 Å². The molecule has 0 fully saturated rings. The maximum Gasteiger partial charge on any atom is 0.337 e. The van der Waals surface area contributed by atoms with Crippen LogP contribution in [-0.4, -0.2) is 34.2 Å². The van der Waals surface area contributed by atoms with Gasteiger partial charge in [-0.25, -0.2) is 14.6 Å². The minimum atomic E-state index is -0.522. The van der Waals surface area contributed by atoms with E-state index in [1.54, 1.807) is 25.3 Å². The van der Waals surface area contributed by atoms with Crippen molar-refractivity contribution in [1.29, 1.82) is 0 Å². The van der Waals surface area contributed by atoms with Crippen LogP contribution in [0.1, 0.15) is 13.8 Å². The van der Waals surface area contributed by atoms with Crippen molar-refractivity contribution in [2.45, 2.75) is 26.4 Å². The van der Waals surface area contributed by atoms with Gasteiger partial charge in [0.1, 0.15) is 4.70 Å². The molecule has 0 unspecified atom stereocenters. The normalized spacial score (nSPS) is 17.6. The lowest BCUT2D eigenvalue weighted by Crippen LogP contribution is -2.50. The fraction of sp³-hybridized carbons (Fsp3) is 0.333. The van der Waals surface area contributed by atoms with E-state index in [2.05, 4.69) is 15.6 Å². The van der Waals surface area contributed by atoms with Crippen molar-refractivity contribution in [3.8, 4) is 0 Å². The van der Waals surface area contributed by atoms with E-state index < -0.39 is 18.0 Å². The van der Waals surface area contributed by atoms with Gasteiger partial charge in [0, 0.05) is 0 Å². The van der Waals surface area contributed by atoms with E-state index in [4.69, 9.17) is 4.74 Å². The fourth-order valence-corrected chi connectivity index (χ4v) is 3.36. The quantitative estimate of drug-likeness (QED) is 0.802. The number of carbonyl (C=O) groups excluding carboxylic acids is 2. The van der Waals surface area contributed by atoms with Gasteiger partial charge >= 0.3 is 12.0 Å². The average molecular weight is 348 g/mol. The van der Waals surface area contributed by atoms with Crippen molar-refractivity contribution >= 4 is 33.6 Å². The number of aromatic nitrogens is 2. The highest BCUT2D eigenvalue weighted by atomic mass is 32.1. The van der Waals surface area contributed by atoms with Crippen molar-refractivity contribution in [2.24, 2.45) is 0 Å². The number of thiophene rings is 1. The predicted molar refractivity (Wildman–Crippen MR) is 88.7 cm³/mol. The maximum absolute atomic E-state index is 12.5. The van der Waals surface area contributed by atoms with Gasteiger partial charge in [0.2, 0.25) is 0 Å². The Labute approximate surface area is 141 Å². The standard InChI is InChI=1S/C15H16N4O4S/c1-3-23-14(21)11-8(2)17-15(22)18-10(11)6-19-7-16-9-4-5-24-12(9)13(19)20/h4-5,7-8H,3,6H2,1-2H3,(H2,17,18,22)/t8-/m1/s1. The second-order valence-electron chi connectivity index (χ2n) is 5.25. The first-order chi connectivity index (χ1) is 11.5. The Kier molecular flexibility index (Phi) is 4.34. The Bertz CT molecular complexity index is 898. The molecule has 2 aromatic rings. The number of nitrogens with one attached hydrogen (secondary N) is 2. The van der Waals surface area contributed by atoms with Gasteiger partial charge in [0.25, 0.3) is 5.56 Å². The van der Waals surface area contributed by atoms with E-state index in [1.165, 1.54) is 22.2 Å². The first kappa shape index (κ1) is 16.2. The number of nitrogens with zero attached hydrogens (tertiary/aromatic N) is 2. The molecular formula is C15H16N4O4S. The van der Waals surface area contributed by atoms with Gasteiger partial charge in [-0.15, -0.1) is 11.3 Å². The van der Waals surface area contributed by atoms with Crippen LogP contribution in [0.2, 0.25) is 0 Å². The molecule has 0 saturated carbocycles. The van der Waals surface area contributed by atoms with Crippen LogP contribution < -0.4 is 16.2 Å². The number of esters is 1. The molecule has 1 atom stereocenters. The number of ether oxygens (including phenoxy) is 1. The molecular weight excluding hydrogens is 332 g/mol. The molecule has 3 heterocycles. The smallest absolute Gasteiger partial charge is 0.337 e. The number of hydrogen-bond acceptors (Lipinski definition) is 6. The lowest BCUT2D eigenvalue weighted by Gasteiger charge is -2.26. The van der Waals surface area contributed by atoms with Gasteiger partial charge in [-0.1, -0.05) is 0 Å². The molecule has 0 aromatic carbocycles. The lowest BCUT2D eigenvalue weighted by atomic mass is 10.0. The molecule has 8 nitrogen and oxygen atoms in total. The topological polar surface area (TPSA) is 102 Å². The lowest BCUT2D eigenvalue weighted by molar-refractivity contribution is -0.139. The summed E-state index contributed by atoms with van der Waals surface area (Å²) in [4.78, 5) is 40.7. The van der Waals surface area contributed by atoms with Crippen LogP contribution >= 0.6 is 11.3 Å². The Balaban J connectivity index is 2.03. The highest BCUT2D eigenvalue weighted by Gasteiger charge is 2.30. The first-order valence-corrected chi connectivity index (χ1v) is 8.29. The zero-order valence-electron chi connectivity index (χ0n) is 13.2. The molecule has 0 aliphatic carbocycles. The largest absolute Gasteiger partial charge is 0.463 e. The van der Waals surface area contributed by atoms with Crippen molar-refractivity contribution in [3.05, 3.63) is 39.4 Å². The Morgan fingerprint density at radius 2 is 2.25 bits per heavy atom. The number of allylic oxidation sites excluding steroid dienone is 1. The van der Waals surface area contributed by atoms with Gasteiger partial charge in [-0.3, -0.25) is 9.36 Å². The van der Waals surface area contributed by atoms with Crippen molar-refractivity contribution < 1.29 is 14.3 Å². The summed E-state index contributed by atoms with van der Waals surface area (Å²) in [6, 6.07) is 0.828. The summed E-state index contributed by atoms with van der Waals surface area (Å²) >= 11 is 1.30. The molecule has 1 aliphatic heterocycles. The molecule has 24 heavy (non-hydrogen) atoms. The zero-order valence-corrected chi connectivity index (χ0v) is 14.0. The van der Waals surface area contributed by atoms with Gasteiger partial charge in [-0.05, 0) is 25.3 Å². The van der Waals surface area contributed by atoms with Gasteiger partial charge in [0.05, 0.1) is 42.3 Å². The third kappa shape index (κ3) is 2.90. The van der Waals surface area contributed by atoms with E-state index in [9.17, 15) is 14.4 Å². The molecule has 0 bridgehead atoms. The Hall–Kier alpha value is -2.68. The third-order valence-electron chi connectivity index (χ3n) is 3.63. The summed E-state index contributed by atoms with van der Waals surface area (Å²) in [5.41, 5.74) is 1.05. The first-order valence-electron chi connectivity index (χ1n) is 7.41. The molecule has 126 valence electrons. The molecule has 2 N–H and O–H groups in total. The van der Waals surface area contributed by atoms with E-state index >= 15 is 0 Å². The van der Waals surface area contributed by atoms with Crippen LogP contribution in [0.25, 0.3) is 10.2 Å². The van der Waals surface area contributed by atoms with E-state index in [1.807, 2.05) is 0 Å². The number of amides is 2. The fourth-order valence-electron chi connectivity index (χ4n) is 2.57. The third-order valence-corrected chi connectivity index (χ3v) is 4.52. The molecule has 1 aliphatic rings. The number of fused-ring (bicyclic) bond motifs is 1. The van der Waals surface area contributed by atoms with E-state index in [0.29, 0.717) is 21.5 Å². The minimum absolute atomic E-state index is 0.0333. The van der Waals surface area contributed by atoms with Crippen LogP contribution in [0.3, 0.4) is 0 Å². The predicted octanol–water partition coefficient (Wildman–Crippen LogP) is 0.976. The SMILES string of the molecule is CCOC(=O)C1=C(Cn2cnc3ccsc3c2=O)NC(=O)N[C@@H]1C. The second kappa shape index (κ2) is 6.44. The summed E-state index contributed by atoms with van der Waals surface area (Å²) in [7, 11) is 0. The summed E-state index contributed by atoms with van der Waals surface area (Å²) in [5.74, 6) is -0.522. The van der Waals surface area contributed by atoms with Crippen molar-refractivity contribution in [1.82, 2.24) is 20.2 Å². The van der Waals surface area contributed by atoms with Crippen LogP contribution in [0.15, 0.2) is 33.8 Å². The highest BCUT2D eigenvalue weighted by molar-refractivity contribution is 7.17. The van der Waals surface area contributed by atoms with Crippen LogP contribution in [0, 0.1) is 0 Å². The number of rotatable bonds is 4. The summed E-state index contributed by atoms with van der Waals surface area (Å²) in [5, 5.41) is 7.01. The molecule has 2 amide bonds. The summed E-state index contributed by atoms with van der Waals surface area (Å²) in [6.07, 6.45) is 1.41. The van der Waals surface area contributed by atoms with Crippen LogP contribution in [0.5, 0.6) is 0 Å². The van der Waals surface area contributed by atoms with Crippen LogP contribution in [0.4, 0.5) is 4.79 Å². The molecule has 9 heteroatoms. The van der Waals surface area contributed by atoms with Gasteiger partial charge in [0.15, 0.2) is 0 Å². The van der Waals surface area contributed by atoms with Crippen LogP contribution in [-0.2, 0) is 16.1 Å². The van der Waals surface area contributed by atoms with E-state index in [0.717, 1.165) is 0 Å². The van der Waals surface area contributed by atoms with Gasteiger partial charge < -0.3 is 15.4 Å². The Morgan fingerprint density at radius 1 is 1.46 bits per heavy atom. The molecule has 0 spiro atoms. The second-order valence-corrected chi connectivity index (χ2v) is 6.16. The molecule has 3 rings (SSSR count). The maximum atomic E-state index is 12.5. The molecule has 2 aromatic heterocycles. The average Bonchev–Trinajstić information content (AvgIpc) is 2.99. The zero-order chi connectivity index (χ0) is 17.3. The van der Waals surface area contributed by atoms with E-state index in [-0.39, 0.29) is 18.7 Å². The molecule has 0 radical (unpaired) electrons.